The number of hydrogen-bond donors (Lipinski definition) is 0. The third-order valence-corrected chi connectivity index (χ3v) is 8.74. The first-order chi connectivity index (χ1) is 37.3. The number of rotatable bonds is 2. The molecule has 0 atom stereocenters. The molecule has 0 bridgehead atoms. The summed E-state index contributed by atoms with van der Waals surface area (Å²) in [6.45, 7) is 1.33. The van der Waals surface area contributed by atoms with Gasteiger partial charge >= 0.3 is 0 Å². The summed E-state index contributed by atoms with van der Waals surface area (Å²) < 4.78 is 269. The van der Waals surface area contributed by atoms with Crippen molar-refractivity contribution in [2.45, 2.75) is 6.92 Å². The van der Waals surface area contributed by atoms with E-state index in [0.717, 1.165) is 4.57 Å². The van der Waals surface area contributed by atoms with Crippen LogP contribution in [0.15, 0.2) is 175 Å². The van der Waals surface area contributed by atoms with Gasteiger partial charge in [0.05, 0.1) is 61.8 Å². The second-order valence-electron chi connectivity index (χ2n) is 11.5. The summed E-state index contributed by atoms with van der Waals surface area (Å²) in [5.74, 6) is 0. The normalized spacial score (nSPS) is 20.0. The zero-order valence-corrected chi connectivity index (χ0v) is 25.9. The highest BCUT2D eigenvalue weighted by molar-refractivity contribution is 6.13. The van der Waals surface area contributed by atoms with E-state index in [1.165, 1.54) is 6.92 Å². The molecule has 2 heteroatoms. The second-order valence-corrected chi connectivity index (χ2v) is 11.5. The van der Waals surface area contributed by atoms with E-state index in [1.54, 1.807) is 0 Å². The predicted molar refractivity (Wildman–Crippen MR) is 215 cm³/mol. The van der Waals surface area contributed by atoms with Gasteiger partial charge in [-0.25, -0.2) is 0 Å². The van der Waals surface area contributed by atoms with Crippen LogP contribution in [0.3, 0.4) is 0 Å². The maximum Gasteiger partial charge on any atom is 0.0652 e. The van der Waals surface area contributed by atoms with Gasteiger partial charge in [0.25, 0.3) is 0 Å². The molecule has 0 N–H and O–H groups in total. The van der Waals surface area contributed by atoms with Crippen molar-refractivity contribution >= 4 is 43.6 Å². The first-order valence-electron chi connectivity index (χ1n) is 29.8. The number of nitrogens with zero attached hydrogens (tertiary/aromatic N) is 2. The lowest BCUT2D eigenvalue weighted by atomic mass is 9.81. The summed E-state index contributed by atoms with van der Waals surface area (Å²) in [4.78, 5) is 0. The van der Waals surface area contributed by atoms with Crippen molar-refractivity contribution in [2.24, 2.45) is 0 Å². The molecule has 0 radical (unpaired) electrons. The molecule has 0 saturated heterocycles. The van der Waals surface area contributed by atoms with Crippen LogP contribution in [0.5, 0.6) is 0 Å². The van der Waals surface area contributed by atoms with Crippen molar-refractivity contribution in [3.8, 4) is 55.9 Å². The van der Waals surface area contributed by atoms with Crippen LogP contribution in [0.25, 0.3) is 99.5 Å². The maximum atomic E-state index is 10.3. The average Bonchev–Trinajstić information content (AvgIpc) is 4.04. The Bertz CT molecular complexity index is 4610. The molecule has 0 saturated carbocycles. The van der Waals surface area contributed by atoms with Gasteiger partial charge in [-0.05, 0) is 106 Å². The van der Waals surface area contributed by atoms with Gasteiger partial charge in [-0.3, -0.25) is 0 Å². The van der Waals surface area contributed by atoms with Crippen LogP contribution in [-0.2, 0) is 0 Å². The molecule has 0 amide bonds. The fourth-order valence-corrected chi connectivity index (χ4v) is 6.62. The average molecular weight is 678 g/mol. The van der Waals surface area contributed by atoms with E-state index >= 15 is 0 Å². The van der Waals surface area contributed by atoms with E-state index in [4.69, 9.17) is 19.2 Å². The predicted octanol–water partition coefficient (Wildman–Crippen LogP) is 13.2. The molecule has 2 heterocycles. The summed E-state index contributed by atoms with van der Waals surface area (Å²) in [5.41, 5.74) is -10.3. The van der Waals surface area contributed by atoms with E-state index in [2.05, 4.69) is 0 Å². The molecule has 2 aromatic heterocycles. The fraction of sp³-hybridized carbons (Fsp3) is 0.0204. The molecule has 1 aliphatic rings. The van der Waals surface area contributed by atoms with E-state index in [-0.39, 0.29) is 16.3 Å². The standard InChI is InChI=1S/C49H32N2/c1-31-22-26-48-44(28-31)41-18-8-10-20-46(41)51(48)33-24-27-49-45(30-33)42-19-9-11-21-47(42)50(49)32-23-25-40-38-16-5-4-14-36(38)34-12-2-3-13-35(34)37-15-6-7-17-39(37)43(40)29-32/h2-30H,1H3/i2D,3D,4D,5D,6D,7D,8D,9D,10D,11D,12D,13D,14D,15D,16D,17D,18D,19D,20D,21D,22D,23D,24D,25D,26D,27D,28D,29D,30D. The second kappa shape index (κ2) is 10.7. The van der Waals surface area contributed by atoms with Gasteiger partial charge in [0.15, 0.2) is 0 Å². The minimum atomic E-state index is -1.13. The van der Waals surface area contributed by atoms with Crippen molar-refractivity contribution in [1.29, 1.82) is 0 Å². The van der Waals surface area contributed by atoms with Gasteiger partial charge in [-0.2, -0.15) is 0 Å². The van der Waals surface area contributed by atoms with Crippen LogP contribution in [0, 0.1) is 6.92 Å². The molecule has 8 aromatic carbocycles. The summed E-state index contributed by atoms with van der Waals surface area (Å²) >= 11 is 0. The van der Waals surface area contributed by atoms with E-state index in [1.807, 2.05) is 0 Å². The van der Waals surface area contributed by atoms with Gasteiger partial charge in [-0.15, -0.1) is 0 Å². The molecule has 51 heavy (non-hydrogen) atoms. The molecule has 238 valence electrons. The van der Waals surface area contributed by atoms with Gasteiger partial charge in [-0.1, -0.05) is 126 Å². The number of aromatic nitrogens is 2. The minimum absolute atomic E-state index is 0.0833. The van der Waals surface area contributed by atoms with Gasteiger partial charge in [0.2, 0.25) is 0 Å². The number of hydrogen-bond acceptors (Lipinski definition) is 0. The van der Waals surface area contributed by atoms with Gasteiger partial charge in [0.1, 0.15) is 0 Å². The third kappa shape index (κ3) is 4.05. The molecule has 0 fully saturated rings. The zero-order chi connectivity index (χ0) is 58.9. The highest BCUT2D eigenvalue weighted by atomic mass is 15.0. The summed E-state index contributed by atoms with van der Waals surface area (Å²) in [7, 11) is 0. The topological polar surface area (TPSA) is 9.86 Å². The lowest BCUT2D eigenvalue weighted by molar-refractivity contribution is 1.16. The Kier molecular flexibility index (Phi) is 2.51. The molecule has 10 aromatic rings. The quantitative estimate of drug-likeness (QED) is 0.172. The largest absolute Gasteiger partial charge is 0.309 e. The molecule has 0 spiro atoms. The summed E-state index contributed by atoms with van der Waals surface area (Å²) in [5, 5.41) is -1.96. The first kappa shape index (κ1) is 12.0. The van der Waals surface area contributed by atoms with Crippen LogP contribution in [0.1, 0.15) is 45.3 Å². The number of fused-ring (bicyclic) bond motifs is 14. The smallest absolute Gasteiger partial charge is 0.0652 e. The lowest BCUT2D eigenvalue weighted by Crippen LogP contribution is -2.00. The molecular weight excluding hydrogens is 617 g/mol. The Hall–Kier alpha value is -6.64. The molecule has 0 aliphatic heterocycles. The molecule has 1 aliphatic carbocycles. The summed E-state index contributed by atoms with van der Waals surface area (Å²) in [6.07, 6.45) is 0. The van der Waals surface area contributed by atoms with E-state index < -0.39 is 264 Å². The minimum Gasteiger partial charge on any atom is -0.309 e. The fourth-order valence-electron chi connectivity index (χ4n) is 6.62. The van der Waals surface area contributed by atoms with E-state index in [0.29, 0.717) is 4.57 Å². The lowest BCUT2D eigenvalue weighted by Gasteiger charge is -2.24. The van der Waals surface area contributed by atoms with Crippen LogP contribution >= 0.6 is 0 Å². The Morgan fingerprint density at radius 2 is 0.686 bits per heavy atom. The van der Waals surface area contributed by atoms with Crippen molar-refractivity contribution in [3.05, 3.63) is 181 Å². The molecule has 2 nitrogen and oxygen atoms in total. The van der Waals surface area contributed by atoms with Crippen molar-refractivity contribution in [2.75, 3.05) is 0 Å². The van der Waals surface area contributed by atoms with Crippen LogP contribution < -0.4 is 0 Å². The molecule has 11 rings (SSSR count). The Morgan fingerprint density at radius 1 is 0.314 bits per heavy atom. The van der Waals surface area contributed by atoms with Crippen LogP contribution in [0.4, 0.5) is 0 Å². The summed E-state index contributed by atoms with van der Waals surface area (Å²) in [6, 6.07) is -26.7. The molecule has 0 unspecified atom stereocenters. The van der Waals surface area contributed by atoms with E-state index in [9.17, 15) is 20.6 Å². The Balaban J connectivity index is 1.43. The number of para-hydroxylation sites is 2. The van der Waals surface area contributed by atoms with Crippen molar-refractivity contribution in [1.82, 2.24) is 9.13 Å². The highest BCUT2D eigenvalue weighted by Crippen LogP contribution is 2.48. The first-order valence-corrected chi connectivity index (χ1v) is 15.3. The van der Waals surface area contributed by atoms with Gasteiger partial charge < -0.3 is 9.13 Å². The monoisotopic (exact) mass is 677 g/mol. The van der Waals surface area contributed by atoms with Crippen LogP contribution in [0.2, 0.25) is 0 Å². The zero-order valence-electron chi connectivity index (χ0n) is 54.9. The Labute approximate surface area is 336 Å². The molecular formula is C49H32N2. The number of benzene rings is 8. The maximum absolute atomic E-state index is 10.3. The van der Waals surface area contributed by atoms with Crippen molar-refractivity contribution in [3.63, 3.8) is 0 Å². The SMILES string of the molecule is [2H]c1c([2H])c([2H])c2c(c1[2H])-c1c([2H])c([2H])c([2H])c([2H])c1-c1c([2H])c([2H])c(-n3c4c([2H])c([2H])c([2H])c([2H])c4c4c([2H])c(-n5c6c([2H])c([2H])c([2H])c([2H])c6c6c([2H])c(C)c([2H])c([2H])c65)c([2H])c([2H])c43)c([2H])c1-c1c([2H])c([2H])c([2H])c([2H])c1-2. The van der Waals surface area contributed by atoms with Crippen molar-refractivity contribution < 1.29 is 39.8 Å². The van der Waals surface area contributed by atoms with Crippen LogP contribution in [-0.4, -0.2) is 9.13 Å². The third-order valence-electron chi connectivity index (χ3n) is 8.74. The van der Waals surface area contributed by atoms with Gasteiger partial charge in [0, 0.05) is 32.9 Å². The Morgan fingerprint density at radius 3 is 1.24 bits per heavy atom. The highest BCUT2D eigenvalue weighted by Gasteiger charge is 2.23.